The van der Waals surface area contributed by atoms with E-state index in [0.29, 0.717) is 36.7 Å². The highest BCUT2D eigenvalue weighted by Crippen LogP contribution is 2.32. The molecule has 1 saturated heterocycles. The number of hydrogen-bond donors (Lipinski definition) is 1. The Labute approximate surface area is 170 Å². The molecule has 1 unspecified atom stereocenters. The minimum atomic E-state index is -0.0293. The van der Waals surface area contributed by atoms with Gasteiger partial charge in [-0.25, -0.2) is 4.68 Å². The fourth-order valence-electron chi connectivity index (χ4n) is 3.52. The van der Waals surface area contributed by atoms with Gasteiger partial charge in [-0.05, 0) is 49.6 Å². The summed E-state index contributed by atoms with van der Waals surface area (Å²) in [5.41, 5.74) is 7.90. The van der Waals surface area contributed by atoms with Gasteiger partial charge in [0.05, 0.1) is 11.3 Å². The van der Waals surface area contributed by atoms with Crippen LogP contribution in [0.2, 0.25) is 0 Å². The van der Waals surface area contributed by atoms with Gasteiger partial charge in [-0.3, -0.25) is 4.79 Å². The quantitative estimate of drug-likeness (QED) is 0.724. The molecule has 1 fully saturated rings. The number of hydrogen-bond acceptors (Lipinski definition) is 4. The lowest BCUT2D eigenvalue weighted by Crippen LogP contribution is -2.34. The molecule has 0 radical (unpaired) electrons. The number of aryl methyl sites for hydroxylation is 1. The third-order valence-electron chi connectivity index (χ3n) is 5.28. The number of para-hydroxylation sites is 1. The van der Waals surface area contributed by atoms with Gasteiger partial charge in [0.15, 0.2) is 5.76 Å². The predicted molar refractivity (Wildman–Crippen MR) is 111 cm³/mol. The molecule has 3 aromatic rings. The Bertz CT molecular complexity index is 966. The van der Waals surface area contributed by atoms with E-state index < -0.39 is 0 Å². The van der Waals surface area contributed by atoms with E-state index >= 15 is 0 Å². The Hall–Kier alpha value is -2.57. The van der Waals surface area contributed by atoms with E-state index in [1.165, 1.54) is 0 Å². The number of nitrogens with two attached hydrogens (primary N) is 1. The first-order valence-electron chi connectivity index (χ1n) is 9.20. The van der Waals surface area contributed by atoms with Crippen LogP contribution >= 0.6 is 12.4 Å². The van der Waals surface area contributed by atoms with Crippen molar-refractivity contribution in [3.63, 3.8) is 0 Å². The van der Waals surface area contributed by atoms with Crippen molar-refractivity contribution in [3.8, 4) is 17.1 Å². The number of halogens is 1. The number of aromatic nitrogens is 2. The standard InChI is InChI=1S/C21H24N4O2.ClH/c1-15-8-9-18(27-15)19-17(12-25(23-19)16-6-4-3-5-7-16)20(26)24-11-10-21(2,13-22)14-24;/h3-9,12H,10-11,13-14,22H2,1-2H3;1H. The first-order chi connectivity index (χ1) is 13.0. The summed E-state index contributed by atoms with van der Waals surface area (Å²) in [5.74, 6) is 1.36. The van der Waals surface area contributed by atoms with Crippen LogP contribution in [-0.4, -0.2) is 40.2 Å². The SMILES string of the molecule is Cc1ccc(-c2nn(-c3ccccc3)cc2C(=O)N2CCC(C)(CN)C2)o1.Cl. The summed E-state index contributed by atoms with van der Waals surface area (Å²) in [6.45, 7) is 5.95. The molecule has 0 spiro atoms. The summed E-state index contributed by atoms with van der Waals surface area (Å²) in [6, 6.07) is 13.5. The number of carbonyl (C=O) groups excluding carboxylic acids is 1. The van der Waals surface area contributed by atoms with Crippen LogP contribution in [0.25, 0.3) is 17.1 Å². The Morgan fingerprint density at radius 3 is 2.61 bits per heavy atom. The molecule has 4 rings (SSSR count). The zero-order chi connectivity index (χ0) is 19.0. The fraction of sp³-hybridized carbons (Fsp3) is 0.333. The van der Waals surface area contributed by atoms with Crippen molar-refractivity contribution >= 4 is 18.3 Å². The van der Waals surface area contributed by atoms with Crippen molar-refractivity contribution in [1.82, 2.24) is 14.7 Å². The number of rotatable bonds is 4. The van der Waals surface area contributed by atoms with Crippen LogP contribution in [0.15, 0.2) is 53.1 Å². The number of furan rings is 1. The highest BCUT2D eigenvalue weighted by Gasteiger charge is 2.36. The summed E-state index contributed by atoms with van der Waals surface area (Å²) in [7, 11) is 0. The lowest BCUT2D eigenvalue weighted by Gasteiger charge is -2.22. The molecule has 1 atom stereocenters. The summed E-state index contributed by atoms with van der Waals surface area (Å²) >= 11 is 0. The maximum atomic E-state index is 13.3. The van der Waals surface area contributed by atoms with E-state index in [1.54, 1.807) is 10.9 Å². The second-order valence-electron chi connectivity index (χ2n) is 7.57. The topological polar surface area (TPSA) is 77.3 Å². The summed E-state index contributed by atoms with van der Waals surface area (Å²) < 4.78 is 7.50. The van der Waals surface area contributed by atoms with E-state index in [1.807, 2.05) is 54.3 Å². The fourth-order valence-corrected chi connectivity index (χ4v) is 3.52. The van der Waals surface area contributed by atoms with Crippen LogP contribution in [0.3, 0.4) is 0 Å². The molecule has 1 aliphatic heterocycles. The second-order valence-corrected chi connectivity index (χ2v) is 7.57. The van der Waals surface area contributed by atoms with Gasteiger partial charge in [-0.15, -0.1) is 12.4 Å². The zero-order valence-electron chi connectivity index (χ0n) is 16.1. The van der Waals surface area contributed by atoms with Gasteiger partial charge in [0.1, 0.15) is 11.5 Å². The second kappa shape index (κ2) is 7.81. The minimum absolute atomic E-state index is 0. The predicted octanol–water partition coefficient (Wildman–Crippen LogP) is 3.67. The van der Waals surface area contributed by atoms with Gasteiger partial charge in [0.25, 0.3) is 5.91 Å². The van der Waals surface area contributed by atoms with Gasteiger partial charge in [0, 0.05) is 19.3 Å². The Balaban J connectivity index is 0.00000225. The molecule has 148 valence electrons. The molecular formula is C21H25ClN4O2. The largest absolute Gasteiger partial charge is 0.460 e. The molecule has 0 aliphatic carbocycles. The molecule has 2 N–H and O–H groups in total. The van der Waals surface area contributed by atoms with Crippen LogP contribution in [0, 0.1) is 12.3 Å². The Kier molecular flexibility index (Phi) is 5.63. The maximum absolute atomic E-state index is 13.3. The summed E-state index contributed by atoms with van der Waals surface area (Å²) in [4.78, 5) is 15.2. The Morgan fingerprint density at radius 1 is 1.25 bits per heavy atom. The average molecular weight is 401 g/mol. The number of amides is 1. The van der Waals surface area contributed by atoms with Gasteiger partial charge < -0.3 is 15.1 Å². The van der Waals surface area contributed by atoms with Crippen LogP contribution in [0.4, 0.5) is 0 Å². The van der Waals surface area contributed by atoms with Crippen molar-refractivity contribution in [2.45, 2.75) is 20.3 Å². The molecular weight excluding hydrogens is 376 g/mol. The number of likely N-dealkylation sites (tertiary alicyclic amines) is 1. The van der Waals surface area contributed by atoms with Crippen LogP contribution in [0.1, 0.15) is 29.5 Å². The average Bonchev–Trinajstić information content (AvgIpc) is 3.40. The van der Waals surface area contributed by atoms with Crippen molar-refractivity contribution in [2.24, 2.45) is 11.1 Å². The molecule has 28 heavy (non-hydrogen) atoms. The number of nitrogens with zero attached hydrogens (tertiary/aromatic N) is 3. The van der Waals surface area contributed by atoms with Crippen LogP contribution in [-0.2, 0) is 0 Å². The lowest BCUT2D eigenvalue weighted by atomic mass is 9.90. The molecule has 6 nitrogen and oxygen atoms in total. The third kappa shape index (κ3) is 3.70. The zero-order valence-corrected chi connectivity index (χ0v) is 16.9. The third-order valence-corrected chi connectivity index (χ3v) is 5.28. The van der Waals surface area contributed by atoms with Crippen molar-refractivity contribution in [1.29, 1.82) is 0 Å². The monoisotopic (exact) mass is 400 g/mol. The first kappa shape index (κ1) is 20.2. The van der Waals surface area contributed by atoms with Gasteiger partial charge in [-0.2, -0.15) is 5.10 Å². The van der Waals surface area contributed by atoms with Crippen LogP contribution in [0.5, 0.6) is 0 Å². The van der Waals surface area contributed by atoms with Crippen molar-refractivity contribution in [2.75, 3.05) is 19.6 Å². The molecule has 2 aromatic heterocycles. The smallest absolute Gasteiger partial charge is 0.257 e. The van der Waals surface area contributed by atoms with E-state index in [0.717, 1.165) is 17.9 Å². The lowest BCUT2D eigenvalue weighted by molar-refractivity contribution is 0.0777. The highest BCUT2D eigenvalue weighted by molar-refractivity contribution is 5.99. The molecule has 1 amide bonds. The normalized spacial score (nSPS) is 18.9. The summed E-state index contributed by atoms with van der Waals surface area (Å²) in [6.07, 6.45) is 2.71. The maximum Gasteiger partial charge on any atom is 0.257 e. The summed E-state index contributed by atoms with van der Waals surface area (Å²) in [5, 5.41) is 4.66. The number of benzene rings is 1. The molecule has 1 aliphatic rings. The molecule has 3 heterocycles. The molecule has 1 aromatic carbocycles. The number of carbonyl (C=O) groups is 1. The van der Waals surface area contributed by atoms with Gasteiger partial charge >= 0.3 is 0 Å². The first-order valence-corrected chi connectivity index (χ1v) is 9.20. The molecule has 7 heteroatoms. The van der Waals surface area contributed by atoms with Crippen molar-refractivity contribution in [3.05, 3.63) is 60.0 Å². The van der Waals surface area contributed by atoms with Crippen molar-refractivity contribution < 1.29 is 9.21 Å². The van der Waals surface area contributed by atoms with Gasteiger partial charge in [0.2, 0.25) is 0 Å². The van der Waals surface area contributed by atoms with E-state index in [4.69, 9.17) is 10.2 Å². The highest BCUT2D eigenvalue weighted by atomic mass is 35.5. The van der Waals surface area contributed by atoms with Crippen LogP contribution < -0.4 is 5.73 Å². The Morgan fingerprint density at radius 2 is 2.00 bits per heavy atom. The molecule has 0 saturated carbocycles. The van der Waals surface area contributed by atoms with Gasteiger partial charge in [-0.1, -0.05) is 25.1 Å². The minimum Gasteiger partial charge on any atom is -0.460 e. The molecule has 0 bridgehead atoms. The van der Waals surface area contributed by atoms with E-state index in [9.17, 15) is 4.79 Å². The van der Waals surface area contributed by atoms with E-state index in [2.05, 4.69) is 12.0 Å². The van der Waals surface area contributed by atoms with E-state index in [-0.39, 0.29) is 23.7 Å².